The molecule has 1 N–H and O–H groups in total. The van der Waals surface area contributed by atoms with Gasteiger partial charge in [0, 0.05) is 10.8 Å². The summed E-state index contributed by atoms with van der Waals surface area (Å²) in [5.74, 6) is 1.38. The Morgan fingerprint density at radius 3 is 2.67 bits per heavy atom. The second-order valence-corrected chi connectivity index (χ2v) is 5.73. The highest BCUT2D eigenvalue weighted by atomic mass is 32.2. The fourth-order valence-corrected chi connectivity index (χ4v) is 3.21. The van der Waals surface area contributed by atoms with Crippen molar-refractivity contribution in [3.63, 3.8) is 0 Å². The minimum absolute atomic E-state index is 0.328. The Morgan fingerprint density at radius 1 is 1.42 bits per heavy atom. The van der Waals surface area contributed by atoms with Gasteiger partial charge in [0.1, 0.15) is 0 Å². The summed E-state index contributed by atoms with van der Waals surface area (Å²) in [6.07, 6.45) is 5.61. The van der Waals surface area contributed by atoms with Gasteiger partial charge in [-0.3, -0.25) is 0 Å². The molecule has 1 fully saturated rings. The van der Waals surface area contributed by atoms with Gasteiger partial charge in [-0.25, -0.2) is 0 Å². The van der Waals surface area contributed by atoms with Crippen molar-refractivity contribution >= 4 is 11.8 Å². The molecule has 72 valence electrons. The monoisotopic (exact) mass is 187 g/mol. The molecule has 0 aromatic heterocycles. The Bertz CT molecular complexity index is 128. The van der Waals surface area contributed by atoms with Crippen molar-refractivity contribution in [1.82, 2.24) is 5.32 Å². The van der Waals surface area contributed by atoms with Gasteiger partial charge in [0.2, 0.25) is 0 Å². The molecule has 1 aliphatic heterocycles. The van der Waals surface area contributed by atoms with Crippen LogP contribution in [-0.4, -0.2) is 23.6 Å². The zero-order valence-electron chi connectivity index (χ0n) is 8.52. The Kier molecular flexibility index (Phi) is 3.91. The molecule has 2 heteroatoms. The van der Waals surface area contributed by atoms with E-state index < -0.39 is 0 Å². The number of hydrogen-bond donors (Lipinski definition) is 1. The lowest BCUT2D eigenvalue weighted by molar-refractivity contribution is 0.378. The van der Waals surface area contributed by atoms with Crippen molar-refractivity contribution < 1.29 is 0 Å². The van der Waals surface area contributed by atoms with Crippen LogP contribution in [0.1, 0.15) is 39.5 Å². The summed E-state index contributed by atoms with van der Waals surface area (Å²) >= 11 is 2.17. The molecule has 0 aromatic carbocycles. The summed E-state index contributed by atoms with van der Waals surface area (Å²) in [6, 6.07) is 0. The van der Waals surface area contributed by atoms with Gasteiger partial charge in [0.15, 0.2) is 0 Å². The topological polar surface area (TPSA) is 12.0 Å². The van der Waals surface area contributed by atoms with Crippen LogP contribution in [0, 0.1) is 0 Å². The summed E-state index contributed by atoms with van der Waals surface area (Å²) in [4.78, 5) is 0. The maximum absolute atomic E-state index is 3.38. The van der Waals surface area contributed by atoms with Crippen LogP contribution in [-0.2, 0) is 0 Å². The van der Waals surface area contributed by atoms with Gasteiger partial charge in [-0.15, -0.1) is 0 Å². The van der Waals surface area contributed by atoms with E-state index in [4.69, 9.17) is 0 Å². The molecular formula is C10H21NS. The van der Waals surface area contributed by atoms with Crippen molar-refractivity contribution in [2.75, 3.05) is 12.8 Å². The summed E-state index contributed by atoms with van der Waals surface area (Å²) in [7, 11) is 2.06. The van der Waals surface area contributed by atoms with Crippen molar-refractivity contribution in [1.29, 1.82) is 0 Å². The van der Waals surface area contributed by atoms with Crippen molar-refractivity contribution in [3.8, 4) is 0 Å². The molecule has 0 aliphatic carbocycles. The molecular weight excluding hydrogens is 166 g/mol. The maximum atomic E-state index is 3.38. The van der Waals surface area contributed by atoms with E-state index in [2.05, 4.69) is 38.0 Å². The van der Waals surface area contributed by atoms with Gasteiger partial charge in [-0.05, 0) is 45.9 Å². The SMILES string of the molecule is CNC(C)(C)CC1CCCCS1. The summed E-state index contributed by atoms with van der Waals surface area (Å²) in [5, 5.41) is 4.28. The quantitative estimate of drug-likeness (QED) is 0.729. The first kappa shape index (κ1) is 10.4. The summed E-state index contributed by atoms with van der Waals surface area (Å²) in [5.41, 5.74) is 0.328. The van der Waals surface area contributed by atoms with Gasteiger partial charge in [-0.1, -0.05) is 6.42 Å². The number of rotatable bonds is 3. The molecule has 1 unspecified atom stereocenters. The summed E-state index contributed by atoms with van der Waals surface area (Å²) in [6.45, 7) is 4.59. The van der Waals surface area contributed by atoms with Crippen LogP contribution in [0.15, 0.2) is 0 Å². The minimum atomic E-state index is 0.328. The van der Waals surface area contributed by atoms with Crippen LogP contribution in [0.3, 0.4) is 0 Å². The third-order valence-electron chi connectivity index (χ3n) is 2.69. The zero-order chi connectivity index (χ0) is 9.03. The van der Waals surface area contributed by atoms with Gasteiger partial charge in [-0.2, -0.15) is 11.8 Å². The van der Waals surface area contributed by atoms with Gasteiger partial charge in [0.25, 0.3) is 0 Å². The molecule has 0 saturated carbocycles. The fourth-order valence-electron chi connectivity index (χ4n) is 1.64. The Morgan fingerprint density at radius 2 is 2.17 bits per heavy atom. The van der Waals surface area contributed by atoms with Crippen molar-refractivity contribution in [2.24, 2.45) is 0 Å². The highest BCUT2D eigenvalue weighted by Gasteiger charge is 2.23. The molecule has 1 rings (SSSR count). The first-order chi connectivity index (χ1) is 5.64. The average Bonchev–Trinajstić information content (AvgIpc) is 2.06. The molecule has 1 saturated heterocycles. The first-order valence-corrected chi connectivity index (χ1v) is 5.99. The van der Waals surface area contributed by atoms with E-state index in [-0.39, 0.29) is 0 Å². The third-order valence-corrected chi connectivity index (χ3v) is 4.09. The van der Waals surface area contributed by atoms with E-state index in [0.29, 0.717) is 5.54 Å². The fraction of sp³-hybridized carbons (Fsp3) is 1.00. The molecule has 1 nitrogen and oxygen atoms in total. The third kappa shape index (κ3) is 3.36. The lowest BCUT2D eigenvalue weighted by atomic mass is 9.96. The van der Waals surface area contributed by atoms with Crippen LogP contribution in [0.4, 0.5) is 0 Å². The second kappa shape index (κ2) is 4.52. The largest absolute Gasteiger partial charge is 0.315 e. The van der Waals surface area contributed by atoms with Crippen LogP contribution in [0.5, 0.6) is 0 Å². The standard InChI is InChI=1S/C10H21NS/c1-10(2,11-3)8-9-6-4-5-7-12-9/h9,11H,4-8H2,1-3H3. The molecule has 1 atom stereocenters. The maximum Gasteiger partial charge on any atom is 0.0132 e. The number of thioether (sulfide) groups is 1. The minimum Gasteiger partial charge on any atom is -0.315 e. The van der Waals surface area contributed by atoms with E-state index >= 15 is 0 Å². The second-order valence-electron chi connectivity index (χ2n) is 4.33. The lowest BCUT2D eigenvalue weighted by Gasteiger charge is -2.31. The lowest BCUT2D eigenvalue weighted by Crippen LogP contribution is -2.39. The Labute approximate surface area is 80.7 Å². The van der Waals surface area contributed by atoms with Crippen LogP contribution in [0.25, 0.3) is 0 Å². The number of nitrogens with one attached hydrogen (secondary N) is 1. The van der Waals surface area contributed by atoms with Gasteiger partial charge in [0.05, 0.1) is 0 Å². The summed E-state index contributed by atoms with van der Waals surface area (Å²) < 4.78 is 0. The zero-order valence-corrected chi connectivity index (χ0v) is 9.34. The van der Waals surface area contributed by atoms with E-state index in [9.17, 15) is 0 Å². The molecule has 0 spiro atoms. The van der Waals surface area contributed by atoms with Crippen molar-refractivity contribution in [2.45, 2.75) is 50.3 Å². The van der Waals surface area contributed by atoms with Gasteiger partial charge < -0.3 is 5.32 Å². The van der Waals surface area contributed by atoms with E-state index in [1.165, 1.54) is 31.4 Å². The van der Waals surface area contributed by atoms with E-state index in [0.717, 1.165) is 5.25 Å². The smallest absolute Gasteiger partial charge is 0.0132 e. The molecule has 0 bridgehead atoms. The Hall–Kier alpha value is 0.310. The van der Waals surface area contributed by atoms with Gasteiger partial charge >= 0.3 is 0 Å². The van der Waals surface area contributed by atoms with E-state index in [1.54, 1.807) is 0 Å². The van der Waals surface area contributed by atoms with Crippen LogP contribution < -0.4 is 5.32 Å². The molecule has 0 radical (unpaired) electrons. The Balaban J connectivity index is 2.28. The normalized spacial score (nSPS) is 25.8. The van der Waals surface area contributed by atoms with E-state index in [1.807, 2.05) is 0 Å². The molecule has 1 aliphatic rings. The molecule has 0 aromatic rings. The average molecular weight is 187 g/mol. The predicted molar refractivity (Wildman–Crippen MR) is 57.9 cm³/mol. The molecule has 0 amide bonds. The van der Waals surface area contributed by atoms with Crippen LogP contribution in [0.2, 0.25) is 0 Å². The first-order valence-electron chi connectivity index (χ1n) is 4.94. The van der Waals surface area contributed by atoms with Crippen LogP contribution >= 0.6 is 11.8 Å². The predicted octanol–water partition coefficient (Wildman–Crippen LogP) is 2.66. The van der Waals surface area contributed by atoms with Crippen molar-refractivity contribution in [3.05, 3.63) is 0 Å². The highest BCUT2D eigenvalue weighted by Crippen LogP contribution is 2.30. The number of hydrogen-bond acceptors (Lipinski definition) is 2. The molecule has 1 heterocycles. The molecule has 12 heavy (non-hydrogen) atoms. The highest BCUT2D eigenvalue weighted by molar-refractivity contribution is 7.99.